The standard InChI is InChI=1S/C6H6F3N3O2.Li.H/c7-1-3(4(8)9)12-5(6(13)14)10-2-11-12;;/h2-4H,1H2,(H,13,14);;/q;+1;-1. The van der Waals surface area contributed by atoms with Gasteiger partial charge in [0.15, 0.2) is 0 Å². The molecule has 0 aliphatic heterocycles. The summed E-state index contributed by atoms with van der Waals surface area (Å²) in [6, 6.07) is -1.90. The monoisotopic (exact) mass is 217 g/mol. The second-order valence-electron chi connectivity index (χ2n) is 2.39. The molecule has 80 valence electrons. The van der Waals surface area contributed by atoms with Gasteiger partial charge in [-0.05, 0) is 0 Å². The van der Waals surface area contributed by atoms with Crippen LogP contribution in [0.3, 0.4) is 0 Å². The first-order valence-corrected chi connectivity index (χ1v) is 3.54. The zero-order valence-corrected chi connectivity index (χ0v) is 7.77. The Bertz CT molecular complexity index is 339. The van der Waals surface area contributed by atoms with Gasteiger partial charge in [0.2, 0.25) is 5.82 Å². The van der Waals surface area contributed by atoms with E-state index in [-0.39, 0.29) is 20.3 Å². The maximum Gasteiger partial charge on any atom is 1.00 e. The molecule has 15 heavy (non-hydrogen) atoms. The van der Waals surface area contributed by atoms with E-state index in [1.807, 2.05) is 0 Å². The molecule has 0 saturated carbocycles. The molecular weight excluding hydrogens is 210 g/mol. The number of nitrogens with zero attached hydrogens (tertiary/aromatic N) is 3. The van der Waals surface area contributed by atoms with Gasteiger partial charge >= 0.3 is 24.8 Å². The van der Waals surface area contributed by atoms with Crippen molar-refractivity contribution in [3.63, 3.8) is 0 Å². The Hall–Kier alpha value is -1.00. The molecule has 0 amide bonds. The third-order valence-corrected chi connectivity index (χ3v) is 1.53. The molecule has 0 aromatic carbocycles. The Balaban J connectivity index is 0. The average Bonchev–Trinajstić information content (AvgIpc) is 2.53. The van der Waals surface area contributed by atoms with Crippen LogP contribution in [-0.2, 0) is 0 Å². The number of hydrogen-bond donors (Lipinski definition) is 1. The van der Waals surface area contributed by atoms with Crippen LogP contribution in [0.5, 0.6) is 0 Å². The average molecular weight is 217 g/mol. The van der Waals surface area contributed by atoms with Gasteiger partial charge in [0.1, 0.15) is 19.0 Å². The van der Waals surface area contributed by atoms with Crippen LogP contribution in [-0.4, -0.2) is 38.9 Å². The smallest absolute Gasteiger partial charge is 1.00 e. The fourth-order valence-corrected chi connectivity index (χ4v) is 0.885. The van der Waals surface area contributed by atoms with Crippen molar-refractivity contribution in [1.29, 1.82) is 0 Å². The summed E-state index contributed by atoms with van der Waals surface area (Å²) in [5, 5.41) is 11.7. The summed E-state index contributed by atoms with van der Waals surface area (Å²) in [5.41, 5.74) is 0. The van der Waals surface area contributed by atoms with Gasteiger partial charge in [-0.3, -0.25) is 0 Å². The molecule has 1 unspecified atom stereocenters. The van der Waals surface area contributed by atoms with Crippen molar-refractivity contribution >= 4 is 5.97 Å². The van der Waals surface area contributed by atoms with Crippen LogP contribution in [0.2, 0.25) is 0 Å². The molecule has 0 aliphatic carbocycles. The molecule has 5 nitrogen and oxygen atoms in total. The second-order valence-corrected chi connectivity index (χ2v) is 2.39. The predicted octanol–water partition coefficient (Wildman–Crippen LogP) is -2.13. The molecule has 0 radical (unpaired) electrons. The van der Waals surface area contributed by atoms with Gasteiger partial charge in [-0.15, -0.1) is 0 Å². The summed E-state index contributed by atoms with van der Waals surface area (Å²) in [7, 11) is 0. The van der Waals surface area contributed by atoms with Crippen molar-refractivity contribution in [3.8, 4) is 0 Å². The minimum absolute atomic E-state index is 0. The first kappa shape index (κ1) is 14.0. The van der Waals surface area contributed by atoms with E-state index < -0.39 is 30.9 Å². The van der Waals surface area contributed by atoms with Crippen molar-refractivity contribution in [2.45, 2.75) is 12.5 Å². The number of carboxylic acid groups (broad SMARTS) is 1. The number of aromatic carboxylic acids is 1. The van der Waals surface area contributed by atoms with Gasteiger partial charge in [0.25, 0.3) is 6.43 Å². The summed E-state index contributed by atoms with van der Waals surface area (Å²) < 4.78 is 36.9. The minimum atomic E-state index is -3.03. The summed E-state index contributed by atoms with van der Waals surface area (Å²) in [4.78, 5) is 13.7. The number of hydrogen-bond acceptors (Lipinski definition) is 3. The predicted molar refractivity (Wildman–Crippen MR) is 39.1 cm³/mol. The first-order chi connectivity index (χ1) is 6.57. The van der Waals surface area contributed by atoms with Crippen LogP contribution in [0, 0.1) is 0 Å². The Labute approximate surface area is 96.0 Å². The van der Waals surface area contributed by atoms with Gasteiger partial charge in [0.05, 0.1) is 0 Å². The number of carboxylic acids is 1. The van der Waals surface area contributed by atoms with E-state index in [9.17, 15) is 18.0 Å². The number of aromatic nitrogens is 3. The molecule has 1 aromatic heterocycles. The van der Waals surface area contributed by atoms with E-state index in [0.717, 1.165) is 6.33 Å². The summed E-state index contributed by atoms with van der Waals surface area (Å²) in [6.07, 6.45) is -2.24. The maximum absolute atomic E-state index is 12.2. The zero-order chi connectivity index (χ0) is 10.7. The van der Waals surface area contributed by atoms with Crippen LogP contribution in [0.4, 0.5) is 13.2 Å². The van der Waals surface area contributed by atoms with Gasteiger partial charge in [0, 0.05) is 0 Å². The van der Waals surface area contributed by atoms with E-state index in [1.54, 1.807) is 0 Å². The molecule has 0 aliphatic rings. The number of rotatable bonds is 4. The third kappa shape index (κ3) is 2.97. The molecule has 0 spiro atoms. The summed E-state index contributed by atoms with van der Waals surface area (Å²) >= 11 is 0. The molecule has 1 heterocycles. The van der Waals surface area contributed by atoms with E-state index in [1.165, 1.54) is 0 Å². The van der Waals surface area contributed by atoms with Crippen molar-refractivity contribution in [1.82, 2.24) is 14.8 Å². The molecule has 1 aromatic rings. The zero-order valence-electron chi connectivity index (χ0n) is 8.77. The van der Waals surface area contributed by atoms with E-state index in [4.69, 9.17) is 5.11 Å². The normalized spacial score (nSPS) is 12.3. The Kier molecular flexibility index (Phi) is 5.39. The molecule has 1 N–H and O–H groups in total. The van der Waals surface area contributed by atoms with E-state index >= 15 is 0 Å². The van der Waals surface area contributed by atoms with Crippen LogP contribution < -0.4 is 18.9 Å². The topological polar surface area (TPSA) is 68.0 Å². The Morgan fingerprint density at radius 3 is 2.67 bits per heavy atom. The van der Waals surface area contributed by atoms with Crippen LogP contribution >= 0.6 is 0 Å². The van der Waals surface area contributed by atoms with E-state index in [0.29, 0.717) is 4.68 Å². The number of halogens is 3. The maximum atomic E-state index is 12.2. The SMILES string of the molecule is O=C(O)c1ncnn1C(CF)C(F)F.[H-].[Li+]. The largest absolute Gasteiger partial charge is 1.00 e. The van der Waals surface area contributed by atoms with Crippen molar-refractivity contribution in [2.24, 2.45) is 0 Å². The van der Waals surface area contributed by atoms with Gasteiger partial charge in [-0.25, -0.2) is 27.6 Å². The summed E-state index contributed by atoms with van der Waals surface area (Å²) in [6.45, 7) is -1.40. The Morgan fingerprint density at radius 2 is 2.27 bits per heavy atom. The van der Waals surface area contributed by atoms with Crippen molar-refractivity contribution in [2.75, 3.05) is 6.67 Å². The summed E-state index contributed by atoms with van der Waals surface area (Å²) in [5.74, 6) is -2.23. The molecule has 0 bridgehead atoms. The number of alkyl halides is 3. The van der Waals surface area contributed by atoms with Crippen molar-refractivity contribution in [3.05, 3.63) is 12.2 Å². The quantitative estimate of drug-likeness (QED) is 0.585. The van der Waals surface area contributed by atoms with E-state index in [2.05, 4.69) is 10.1 Å². The van der Waals surface area contributed by atoms with Crippen LogP contribution in [0.1, 0.15) is 18.1 Å². The molecule has 1 atom stereocenters. The minimum Gasteiger partial charge on any atom is -1.00 e. The molecule has 0 saturated heterocycles. The fourth-order valence-electron chi connectivity index (χ4n) is 0.885. The first-order valence-electron chi connectivity index (χ1n) is 3.54. The molecule has 1 rings (SSSR count). The van der Waals surface area contributed by atoms with Gasteiger partial charge in [-0.2, -0.15) is 5.10 Å². The van der Waals surface area contributed by atoms with Gasteiger partial charge < -0.3 is 6.53 Å². The van der Waals surface area contributed by atoms with Crippen LogP contribution in [0.25, 0.3) is 0 Å². The van der Waals surface area contributed by atoms with Gasteiger partial charge in [-0.1, -0.05) is 0 Å². The Morgan fingerprint density at radius 1 is 1.67 bits per heavy atom. The molecular formula is C6H7F3LiN3O2. The third-order valence-electron chi connectivity index (χ3n) is 1.53. The second kappa shape index (κ2) is 5.78. The molecule has 9 heteroatoms. The number of carbonyl (C=O) groups is 1. The fraction of sp³-hybridized carbons (Fsp3) is 0.500. The van der Waals surface area contributed by atoms with Crippen LogP contribution in [0.15, 0.2) is 6.33 Å². The van der Waals surface area contributed by atoms with Crippen molar-refractivity contribution < 1.29 is 43.4 Å². The molecule has 0 fully saturated rings.